The fraction of sp³-hybridized carbons (Fsp3) is 0.115. The third-order valence-electron chi connectivity index (χ3n) is 5.99. The number of halogens is 7. The molecule has 0 aliphatic carbocycles. The monoisotopic (exact) mass is 615 g/mol. The van der Waals surface area contributed by atoms with Crippen LogP contribution in [0.3, 0.4) is 0 Å². The Morgan fingerprint density at radius 2 is 1.50 bits per heavy atom. The molecule has 42 heavy (non-hydrogen) atoms. The molecule has 220 valence electrons. The number of rotatable bonds is 8. The van der Waals surface area contributed by atoms with E-state index in [9.17, 15) is 54.4 Å². The van der Waals surface area contributed by atoms with Crippen molar-refractivity contribution in [3.63, 3.8) is 0 Å². The van der Waals surface area contributed by atoms with Crippen LogP contribution in [-0.4, -0.2) is 42.0 Å². The van der Waals surface area contributed by atoms with Crippen LogP contribution in [0.1, 0.15) is 5.56 Å². The highest BCUT2D eigenvalue weighted by atomic mass is 32.2. The van der Waals surface area contributed by atoms with Crippen LogP contribution >= 0.6 is 0 Å². The van der Waals surface area contributed by atoms with Gasteiger partial charge in [-0.25, -0.2) is 8.42 Å². The van der Waals surface area contributed by atoms with Gasteiger partial charge in [-0.3, -0.25) is 15.1 Å². The van der Waals surface area contributed by atoms with Crippen LogP contribution in [0.4, 0.5) is 53.5 Å². The molecule has 0 aliphatic heterocycles. The highest BCUT2D eigenvalue weighted by Crippen LogP contribution is 2.51. The molecule has 0 aromatic heterocycles. The summed E-state index contributed by atoms with van der Waals surface area (Å²) in [7, 11) is -6.78. The number of para-hydroxylation sites is 2. The van der Waals surface area contributed by atoms with E-state index in [-0.39, 0.29) is 29.3 Å². The predicted octanol–water partition coefficient (Wildman–Crippen LogP) is 7.51. The minimum atomic E-state index is -7.00. The highest BCUT2D eigenvalue weighted by molar-refractivity contribution is 7.92. The van der Waals surface area contributed by atoms with Gasteiger partial charge in [0, 0.05) is 17.8 Å². The molecule has 0 radical (unpaired) electrons. The van der Waals surface area contributed by atoms with Crippen molar-refractivity contribution in [2.75, 3.05) is 5.32 Å². The van der Waals surface area contributed by atoms with Gasteiger partial charge < -0.3 is 10.4 Å². The molecule has 4 rings (SSSR count). The number of phenols is 1. The molecule has 2 N–H and O–H groups in total. The van der Waals surface area contributed by atoms with E-state index in [0.717, 1.165) is 5.39 Å². The summed E-state index contributed by atoms with van der Waals surface area (Å²) >= 11 is 0. The van der Waals surface area contributed by atoms with Gasteiger partial charge in [-0.2, -0.15) is 30.7 Å². The summed E-state index contributed by atoms with van der Waals surface area (Å²) in [6.07, 6.45) is -5.63. The molecule has 0 atom stereocenters. The first-order valence-corrected chi connectivity index (χ1v) is 12.9. The van der Waals surface area contributed by atoms with Crippen LogP contribution in [0.5, 0.6) is 5.75 Å². The molecule has 0 saturated heterocycles. The Hall–Kier alpha value is -4.73. The van der Waals surface area contributed by atoms with Gasteiger partial charge >= 0.3 is 17.4 Å². The zero-order chi connectivity index (χ0) is 31.1. The number of nitro benzene ring substituents is 1. The Bertz CT molecular complexity index is 1830. The molecule has 16 heteroatoms. The Labute approximate surface area is 231 Å². The maximum Gasteiger partial charge on any atom is 0.461 e. The van der Waals surface area contributed by atoms with E-state index in [1.165, 1.54) is 36.5 Å². The number of fused-ring (bicyclic) bond motifs is 1. The number of nitrogens with zero attached hydrogens (tertiary/aromatic N) is 2. The lowest BCUT2D eigenvalue weighted by Gasteiger charge is -2.27. The largest absolute Gasteiger partial charge is 0.507 e. The van der Waals surface area contributed by atoms with E-state index in [4.69, 9.17) is 0 Å². The summed E-state index contributed by atoms with van der Waals surface area (Å²) < 4.78 is 117. The molecule has 0 amide bonds. The van der Waals surface area contributed by atoms with Crippen molar-refractivity contribution in [2.45, 2.75) is 22.2 Å². The predicted molar refractivity (Wildman–Crippen MR) is 139 cm³/mol. The molecule has 0 spiro atoms. The smallest absolute Gasteiger partial charge is 0.461 e. The summed E-state index contributed by atoms with van der Waals surface area (Å²) in [6.45, 7) is 0. The molecular formula is C26H16F7N3O5S. The lowest BCUT2D eigenvalue weighted by atomic mass is 10.0. The lowest BCUT2D eigenvalue weighted by molar-refractivity contribution is -0.384. The second-order valence-electron chi connectivity index (χ2n) is 8.65. The highest BCUT2D eigenvalue weighted by Gasteiger charge is 2.78. The molecule has 0 fully saturated rings. The van der Waals surface area contributed by atoms with Crippen molar-refractivity contribution in [1.82, 2.24) is 0 Å². The Balaban J connectivity index is 1.73. The Morgan fingerprint density at radius 3 is 2.17 bits per heavy atom. The number of sulfone groups is 1. The summed E-state index contributed by atoms with van der Waals surface area (Å²) in [6, 6.07) is 16.7. The second-order valence-corrected chi connectivity index (χ2v) is 10.6. The summed E-state index contributed by atoms with van der Waals surface area (Å²) in [4.78, 5) is 12.9. The van der Waals surface area contributed by atoms with Gasteiger partial charge in [0.15, 0.2) is 0 Å². The van der Waals surface area contributed by atoms with Crippen molar-refractivity contribution >= 4 is 49.6 Å². The number of hydrogen-bond donors (Lipinski definition) is 2. The zero-order valence-corrected chi connectivity index (χ0v) is 21.4. The Kier molecular flexibility index (Phi) is 7.62. The van der Waals surface area contributed by atoms with E-state index in [1.807, 2.05) is 0 Å². The fourth-order valence-electron chi connectivity index (χ4n) is 3.81. The van der Waals surface area contributed by atoms with Crippen LogP contribution in [0, 0.1) is 10.1 Å². The number of nitro groups is 1. The molecule has 0 aliphatic rings. The van der Waals surface area contributed by atoms with Crippen LogP contribution in [0.25, 0.3) is 10.8 Å². The summed E-state index contributed by atoms with van der Waals surface area (Å²) in [5.74, 6) is -7.11. The van der Waals surface area contributed by atoms with Crippen molar-refractivity contribution in [3.8, 4) is 5.75 Å². The van der Waals surface area contributed by atoms with Gasteiger partial charge in [0.1, 0.15) is 11.4 Å². The summed E-state index contributed by atoms with van der Waals surface area (Å²) in [5, 5.41) is 19.3. The molecule has 4 aromatic rings. The number of aliphatic imine (C=N–C) groups is 1. The zero-order valence-electron chi connectivity index (χ0n) is 20.6. The van der Waals surface area contributed by atoms with Crippen LogP contribution in [0.15, 0.2) is 88.8 Å². The molecule has 4 aromatic carbocycles. The van der Waals surface area contributed by atoms with E-state index in [2.05, 4.69) is 10.3 Å². The fourth-order valence-corrected chi connectivity index (χ4v) is 5.07. The SMILES string of the molecule is O=[N+]([O-])c1cc(S(=O)(=O)C(F)(F)C(F)(F)C(F)(F)F)ccc1Nc1ccccc1N=Cc1c(O)ccc2ccccc12. The van der Waals surface area contributed by atoms with Gasteiger partial charge in [0.05, 0.1) is 21.2 Å². The van der Waals surface area contributed by atoms with Gasteiger partial charge in [0.2, 0.25) is 0 Å². The second kappa shape index (κ2) is 10.6. The minimum Gasteiger partial charge on any atom is -0.507 e. The van der Waals surface area contributed by atoms with Gasteiger partial charge in [-0.05, 0) is 41.1 Å². The van der Waals surface area contributed by atoms with E-state index in [1.54, 1.807) is 30.3 Å². The third kappa shape index (κ3) is 5.20. The Morgan fingerprint density at radius 1 is 0.857 bits per heavy atom. The minimum absolute atomic E-state index is 0.0566. The molecule has 0 unspecified atom stereocenters. The molecule has 0 bridgehead atoms. The number of aromatic hydroxyl groups is 1. The lowest BCUT2D eigenvalue weighted by Crippen LogP contribution is -2.55. The van der Waals surface area contributed by atoms with Crippen molar-refractivity contribution in [2.24, 2.45) is 4.99 Å². The maximum atomic E-state index is 14.1. The van der Waals surface area contributed by atoms with E-state index < -0.39 is 48.4 Å². The molecule has 8 nitrogen and oxygen atoms in total. The number of benzene rings is 4. The number of anilines is 2. The van der Waals surface area contributed by atoms with Crippen molar-refractivity contribution in [1.29, 1.82) is 0 Å². The van der Waals surface area contributed by atoms with Crippen LogP contribution in [-0.2, 0) is 9.84 Å². The molecule has 0 saturated carbocycles. The number of nitrogens with one attached hydrogen (secondary N) is 1. The van der Waals surface area contributed by atoms with E-state index in [0.29, 0.717) is 17.0 Å². The quantitative estimate of drug-likeness (QED) is 0.0916. The van der Waals surface area contributed by atoms with Gasteiger partial charge in [-0.15, -0.1) is 0 Å². The maximum absolute atomic E-state index is 14.1. The van der Waals surface area contributed by atoms with Gasteiger partial charge in [-0.1, -0.05) is 42.5 Å². The van der Waals surface area contributed by atoms with Crippen LogP contribution in [0.2, 0.25) is 0 Å². The number of phenolic OH excluding ortho intramolecular Hbond substituents is 1. The normalized spacial score (nSPS) is 13.0. The summed E-state index contributed by atoms with van der Waals surface area (Å²) in [5.41, 5.74) is -1.23. The number of hydrogen-bond acceptors (Lipinski definition) is 7. The third-order valence-corrected chi connectivity index (χ3v) is 7.79. The number of alkyl halides is 7. The average molecular weight is 615 g/mol. The standard InChI is InChI=1S/C26H16F7N3O5S/c27-24(28,25(29,30)31)26(32,33)42(40,41)16-10-11-21(22(13-16)36(38)39)35-20-8-4-3-7-19(20)34-14-18-17-6-2-1-5-15(17)9-12-23(18)37/h1-14,35,37H. The molecule has 0 heterocycles. The average Bonchev–Trinajstić information content (AvgIpc) is 2.92. The van der Waals surface area contributed by atoms with Crippen molar-refractivity contribution in [3.05, 3.63) is 94.5 Å². The van der Waals surface area contributed by atoms with E-state index >= 15 is 0 Å². The van der Waals surface area contributed by atoms with Gasteiger partial charge in [0.25, 0.3) is 15.5 Å². The first kappa shape index (κ1) is 30.2. The van der Waals surface area contributed by atoms with Crippen molar-refractivity contribution < 1.29 is 49.2 Å². The topological polar surface area (TPSA) is 122 Å². The first-order valence-electron chi connectivity index (χ1n) is 11.5. The van der Waals surface area contributed by atoms with Crippen LogP contribution < -0.4 is 5.32 Å². The molecular weight excluding hydrogens is 599 g/mol. The first-order chi connectivity index (χ1) is 19.5.